The van der Waals surface area contributed by atoms with Crippen molar-refractivity contribution in [3.63, 3.8) is 0 Å². The van der Waals surface area contributed by atoms with Crippen molar-refractivity contribution < 1.29 is 4.42 Å². The lowest BCUT2D eigenvalue weighted by Crippen LogP contribution is -2.29. The zero-order valence-electron chi connectivity index (χ0n) is 42.9. The molecule has 0 radical (unpaired) electrons. The normalized spacial score (nSPS) is 13.1. The average Bonchev–Trinajstić information content (AvgIpc) is 4.00. The van der Waals surface area contributed by atoms with Gasteiger partial charge < -0.3 is 14.2 Å². The van der Waals surface area contributed by atoms with E-state index in [9.17, 15) is 0 Å². The lowest BCUT2D eigenvalue weighted by atomic mass is 9.66. The van der Waals surface area contributed by atoms with Gasteiger partial charge in [-0.15, -0.1) is 0 Å². The van der Waals surface area contributed by atoms with Gasteiger partial charge >= 0.3 is 0 Å². The fourth-order valence-corrected chi connectivity index (χ4v) is 12.1. The summed E-state index contributed by atoms with van der Waals surface area (Å²) in [7, 11) is 0. The van der Waals surface area contributed by atoms with E-state index in [1.54, 1.807) is 0 Å². The highest BCUT2D eigenvalue weighted by Crippen LogP contribution is 2.65. The Morgan fingerprint density at radius 2 is 0.757 bits per heavy atom. The molecular weight excluding hydrogens is 897 g/mol. The first kappa shape index (κ1) is 45.2. The molecule has 0 atom stereocenters. The molecular formula is C71H58N2O. The number of para-hydroxylation sites is 2. The van der Waals surface area contributed by atoms with Crippen molar-refractivity contribution in [1.82, 2.24) is 0 Å². The van der Waals surface area contributed by atoms with Crippen molar-refractivity contribution >= 4 is 77.6 Å². The molecule has 12 aromatic rings. The zero-order chi connectivity index (χ0) is 50.3. The Morgan fingerprint density at radius 1 is 0.338 bits per heavy atom. The SMILES string of the molecule is CC(C)(C)c1ccc(N(c2ccccc2)c2ccc3oc4c(N(c5ccccc5)c5ccc(C(C)(C)C)cc5)c5c(cc4c3c2)C(c2ccccc2)(c2ccccc2)c2c-5c3ccccc3c3ccccc23)cc1. The van der Waals surface area contributed by atoms with E-state index in [4.69, 9.17) is 4.42 Å². The molecule has 3 heteroatoms. The van der Waals surface area contributed by atoms with E-state index >= 15 is 0 Å². The van der Waals surface area contributed by atoms with Gasteiger partial charge in [-0.2, -0.15) is 0 Å². The van der Waals surface area contributed by atoms with E-state index < -0.39 is 5.41 Å². The summed E-state index contributed by atoms with van der Waals surface area (Å²) in [5.41, 5.74) is 17.1. The number of rotatable bonds is 8. The van der Waals surface area contributed by atoms with Crippen molar-refractivity contribution in [2.75, 3.05) is 9.80 Å². The van der Waals surface area contributed by atoms with Gasteiger partial charge in [0.05, 0.1) is 11.1 Å². The van der Waals surface area contributed by atoms with Crippen molar-refractivity contribution in [3.05, 3.63) is 276 Å². The summed E-state index contributed by atoms with van der Waals surface area (Å²) in [6, 6.07) is 89.7. The van der Waals surface area contributed by atoms with Gasteiger partial charge in [-0.1, -0.05) is 211 Å². The van der Waals surface area contributed by atoms with Crippen molar-refractivity contribution in [2.45, 2.75) is 57.8 Å². The van der Waals surface area contributed by atoms with Crippen molar-refractivity contribution in [3.8, 4) is 11.1 Å². The van der Waals surface area contributed by atoms with Gasteiger partial charge in [0.15, 0.2) is 5.58 Å². The molecule has 0 amide bonds. The lowest BCUT2D eigenvalue weighted by molar-refractivity contribution is 0.590. The van der Waals surface area contributed by atoms with E-state index in [1.165, 1.54) is 60.5 Å². The molecule has 0 spiro atoms. The molecule has 0 fully saturated rings. The smallest absolute Gasteiger partial charge is 0.160 e. The maximum Gasteiger partial charge on any atom is 0.160 e. The van der Waals surface area contributed by atoms with Crippen LogP contribution in [0.4, 0.5) is 34.1 Å². The third-order valence-electron chi connectivity index (χ3n) is 15.6. The van der Waals surface area contributed by atoms with Crippen LogP contribution in [0, 0.1) is 0 Å². The van der Waals surface area contributed by atoms with Crippen LogP contribution in [-0.2, 0) is 16.2 Å². The van der Waals surface area contributed by atoms with Crippen LogP contribution in [0.15, 0.2) is 247 Å². The van der Waals surface area contributed by atoms with Gasteiger partial charge in [0, 0.05) is 44.8 Å². The van der Waals surface area contributed by atoms with Crippen LogP contribution in [0.5, 0.6) is 0 Å². The molecule has 1 aliphatic rings. The largest absolute Gasteiger partial charge is 0.454 e. The Labute approximate surface area is 434 Å². The highest BCUT2D eigenvalue weighted by atomic mass is 16.3. The third-order valence-corrected chi connectivity index (χ3v) is 15.6. The van der Waals surface area contributed by atoms with Gasteiger partial charge in [-0.3, -0.25) is 0 Å². The lowest BCUT2D eigenvalue weighted by Gasteiger charge is -2.35. The Morgan fingerprint density at radius 3 is 1.28 bits per heavy atom. The zero-order valence-corrected chi connectivity index (χ0v) is 42.9. The minimum atomic E-state index is -0.760. The fourth-order valence-electron chi connectivity index (χ4n) is 12.1. The molecule has 0 saturated carbocycles. The highest BCUT2D eigenvalue weighted by Gasteiger charge is 2.50. The first-order valence-corrected chi connectivity index (χ1v) is 26.0. The van der Waals surface area contributed by atoms with E-state index in [-0.39, 0.29) is 10.8 Å². The molecule has 0 bridgehead atoms. The molecule has 74 heavy (non-hydrogen) atoms. The maximum absolute atomic E-state index is 7.54. The first-order chi connectivity index (χ1) is 36.0. The maximum atomic E-state index is 7.54. The summed E-state index contributed by atoms with van der Waals surface area (Å²) >= 11 is 0. The Bertz CT molecular complexity index is 4010. The van der Waals surface area contributed by atoms with E-state index in [2.05, 4.69) is 294 Å². The van der Waals surface area contributed by atoms with Crippen LogP contribution < -0.4 is 9.80 Å². The average molecular weight is 955 g/mol. The summed E-state index contributed by atoms with van der Waals surface area (Å²) in [5.74, 6) is 0. The van der Waals surface area contributed by atoms with Crippen molar-refractivity contribution in [2.24, 2.45) is 0 Å². The molecule has 1 aliphatic carbocycles. The third kappa shape index (κ3) is 7.09. The molecule has 0 saturated heterocycles. The number of benzene rings is 11. The Balaban J connectivity index is 1.22. The summed E-state index contributed by atoms with van der Waals surface area (Å²) in [5, 5.41) is 7.00. The number of nitrogens with zero attached hydrogens (tertiary/aromatic N) is 2. The molecule has 0 unspecified atom stereocenters. The molecule has 11 aromatic carbocycles. The monoisotopic (exact) mass is 954 g/mol. The molecule has 1 aromatic heterocycles. The number of anilines is 6. The van der Waals surface area contributed by atoms with Crippen molar-refractivity contribution in [1.29, 1.82) is 0 Å². The van der Waals surface area contributed by atoms with Gasteiger partial charge in [-0.05, 0) is 144 Å². The second-order valence-corrected chi connectivity index (χ2v) is 22.1. The molecule has 13 rings (SSSR count). The minimum Gasteiger partial charge on any atom is -0.454 e. The summed E-state index contributed by atoms with van der Waals surface area (Å²) < 4.78 is 7.54. The Kier molecular flexibility index (Phi) is 10.5. The fraction of sp³-hybridized carbons (Fsp3) is 0.127. The number of hydrogen-bond donors (Lipinski definition) is 0. The Hall–Kier alpha value is -8.66. The summed E-state index contributed by atoms with van der Waals surface area (Å²) in [4.78, 5) is 4.85. The summed E-state index contributed by atoms with van der Waals surface area (Å²) in [6.45, 7) is 13.7. The second-order valence-electron chi connectivity index (χ2n) is 22.1. The molecule has 1 heterocycles. The van der Waals surface area contributed by atoms with Gasteiger partial charge in [0.1, 0.15) is 5.58 Å². The van der Waals surface area contributed by atoms with Crippen LogP contribution in [0.1, 0.15) is 74.9 Å². The minimum absolute atomic E-state index is 0.0257. The van der Waals surface area contributed by atoms with Crippen LogP contribution >= 0.6 is 0 Å². The number of fused-ring (bicyclic) bond motifs is 11. The number of furan rings is 1. The quantitative estimate of drug-likeness (QED) is 0.142. The van der Waals surface area contributed by atoms with Crippen LogP contribution in [0.3, 0.4) is 0 Å². The number of hydrogen-bond acceptors (Lipinski definition) is 3. The van der Waals surface area contributed by atoms with Crippen LogP contribution in [0.25, 0.3) is 54.6 Å². The van der Waals surface area contributed by atoms with Crippen LogP contribution in [-0.4, -0.2) is 0 Å². The van der Waals surface area contributed by atoms with E-state index in [0.29, 0.717) is 0 Å². The van der Waals surface area contributed by atoms with Gasteiger partial charge in [-0.25, -0.2) is 0 Å². The highest BCUT2D eigenvalue weighted by molar-refractivity contribution is 6.24. The predicted molar refractivity (Wildman–Crippen MR) is 313 cm³/mol. The van der Waals surface area contributed by atoms with Gasteiger partial charge in [0.25, 0.3) is 0 Å². The van der Waals surface area contributed by atoms with E-state index in [1.807, 2.05) is 0 Å². The second kappa shape index (κ2) is 17.2. The summed E-state index contributed by atoms with van der Waals surface area (Å²) in [6.07, 6.45) is 0. The van der Waals surface area contributed by atoms with Crippen LogP contribution in [0.2, 0.25) is 0 Å². The standard InChI is InChI=1S/C71H58N2O/c1-69(2,3)47-35-39-53(40-36-47)72(51-27-15-9-16-28-51)55-43-44-63-60(45-55)61-46-62-65(67(68(61)74-63)73(52-29-17-10-18-30-52)54-41-37-48(38-42-54)70(4,5)6)64-58-33-21-19-31-56(58)57-32-20-22-34-59(57)66(64)71(62,49-23-11-7-12-24-49)50-25-13-8-14-26-50/h7-46H,1-6H3. The molecule has 3 nitrogen and oxygen atoms in total. The van der Waals surface area contributed by atoms with E-state index in [0.717, 1.165) is 61.6 Å². The molecule has 0 aliphatic heterocycles. The molecule has 0 N–H and O–H groups in total. The topological polar surface area (TPSA) is 19.6 Å². The first-order valence-electron chi connectivity index (χ1n) is 26.0. The predicted octanol–water partition coefficient (Wildman–Crippen LogP) is 19.8. The molecule has 358 valence electrons. The van der Waals surface area contributed by atoms with Gasteiger partial charge in [0.2, 0.25) is 0 Å².